The lowest BCUT2D eigenvalue weighted by Gasteiger charge is -2.41. The maximum atomic E-state index is 14.8. The zero-order valence-electron chi connectivity index (χ0n) is 26.2. The van der Waals surface area contributed by atoms with Crippen LogP contribution in [0.3, 0.4) is 0 Å². The van der Waals surface area contributed by atoms with Crippen molar-refractivity contribution in [1.82, 2.24) is 4.90 Å². The minimum absolute atomic E-state index is 0.140. The second kappa shape index (κ2) is 12.4. The van der Waals surface area contributed by atoms with Gasteiger partial charge in [-0.05, 0) is 69.7 Å². The van der Waals surface area contributed by atoms with E-state index in [1.165, 1.54) is 4.90 Å². The maximum Gasteiger partial charge on any atom is 0.313 e. The van der Waals surface area contributed by atoms with Gasteiger partial charge < -0.3 is 29.3 Å². The Morgan fingerprint density at radius 1 is 0.977 bits per heavy atom. The van der Waals surface area contributed by atoms with Crippen LogP contribution >= 0.6 is 0 Å². The summed E-state index contributed by atoms with van der Waals surface area (Å²) < 4.78 is 12.8. The zero-order valence-corrected chi connectivity index (χ0v) is 26.2. The Morgan fingerprint density at radius 3 is 2.33 bits per heavy atom. The predicted molar refractivity (Wildman–Crippen MR) is 166 cm³/mol. The number of benzene rings is 1. The Bertz CT molecular complexity index is 1260. The molecule has 6 atom stereocenters. The third-order valence-corrected chi connectivity index (χ3v) is 9.92. The predicted octanol–water partition coefficient (Wildman–Crippen LogP) is 4.10. The van der Waals surface area contributed by atoms with Crippen LogP contribution in [0.1, 0.15) is 60.3 Å². The fourth-order valence-corrected chi connectivity index (χ4v) is 7.62. The van der Waals surface area contributed by atoms with Crippen LogP contribution in [0.2, 0.25) is 0 Å². The number of allylic oxidation sites excluding steroid dienone is 1. The normalized spacial score (nSPS) is 32.2. The van der Waals surface area contributed by atoms with Crippen molar-refractivity contribution in [1.29, 1.82) is 0 Å². The molecular weight excluding hydrogens is 546 g/mol. The molecule has 1 spiro atoms. The van der Waals surface area contributed by atoms with Crippen LogP contribution in [-0.2, 0) is 23.9 Å². The molecule has 2 saturated heterocycles. The van der Waals surface area contributed by atoms with Crippen LogP contribution in [0.15, 0.2) is 48.6 Å². The third-order valence-electron chi connectivity index (χ3n) is 9.92. The number of nitrogens with zero attached hydrogens (tertiary/aromatic N) is 3. The Labute approximate surface area is 255 Å². The molecule has 43 heavy (non-hydrogen) atoms. The minimum atomic E-state index is -1.40. The number of amides is 2. The Hall–Kier alpha value is -3.17. The van der Waals surface area contributed by atoms with Crippen molar-refractivity contribution in [3.8, 4) is 0 Å². The van der Waals surface area contributed by atoms with Crippen LogP contribution in [0.25, 0.3) is 0 Å². The largest absolute Gasteiger partial charge is 0.465 e. The molecule has 5 rings (SSSR count). The Morgan fingerprint density at radius 2 is 1.70 bits per heavy atom. The van der Waals surface area contributed by atoms with Crippen LogP contribution in [-0.4, -0.2) is 83.9 Å². The number of aliphatic hydroxyl groups excluding tert-OH is 1. The first kappa shape index (κ1) is 31.3. The number of rotatable bonds is 8. The Balaban J connectivity index is 1.64. The van der Waals surface area contributed by atoms with Crippen LogP contribution in [0, 0.1) is 17.8 Å². The topological polar surface area (TPSA) is 99.6 Å². The van der Waals surface area contributed by atoms with Gasteiger partial charge in [-0.2, -0.15) is 0 Å². The van der Waals surface area contributed by atoms with Gasteiger partial charge in [-0.1, -0.05) is 45.1 Å². The number of anilines is 2. The number of fused-ring (bicyclic) bond motifs is 2. The molecule has 9 heteroatoms. The molecule has 1 unspecified atom stereocenters. The van der Waals surface area contributed by atoms with Gasteiger partial charge in [0.1, 0.15) is 23.2 Å². The summed E-state index contributed by atoms with van der Waals surface area (Å²) in [5.41, 5.74) is -0.718. The molecule has 0 bridgehead atoms. The summed E-state index contributed by atoms with van der Waals surface area (Å²) in [5.74, 6) is -3.13. The maximum absolute atomic E-state index is 14.8. The number of cyclic esters (lactones) is 1. The molecule has 4 heterocycles. The highest BCUT2D eigenvalue weighted by Gasteiger charge is 2.76. The second-order valence-corrected chi connectivity index (χ2v) is 12.5. The van der Waals surface area contributed by atoms with E-state index in [0.717, 1.165) is 38.0 Å². The smallest absolute Gasteiger partial charge is 0.313 e. The zero-order chi connectivity index (χ0) is 30.9. The highest BCUT2D eigenvalue weighted by Crippen LogP contribution is 2.58. The fourth-order valence-electron chi connectivity index (χ4n) is 7.62. The molecule has 234 valence electrons. The van der Waals surface area contributed by atoms with E-state index in [1.807, 2.05) is 69.3 Å². The molecule has 1 aromatic carbocycles. The van der Waals surface area contributed by atoms with E-state index in [1.54, 1.807) is 4.90 Å². The van der Waals surface area contributed by atoms with Crippen LogP contribution < -0.4 is 9.80 Å². The molecule has 0 aromatic heterocycles. The number of carbonyl (C=O) groups excluding carboxylic acids is 3. The molecule has 0 aliphatic carbocycles. The van der Waals surface area contributed by atoms with Gasteiger partial charge in [-0.3, -0.25) is 14.4 Å². The standard InChI is InChI=1S/C34H47N3O6/c1-6-33-18-11-9-10-12-21-42-32(41)28(33)27-30(39)37(26(22-38)23(4)5)29-31(40)36(20-13-19-34(27,29)43-33)25-16-14-24(15-17-25)35(7-2)8-3/h11,13-19,23,26-29,38H,6-10,12,20-22H2,1-5H3/b18-11-/t26-,27-,28+,29?,33-,34-/m0/s1. The summed E-state index contributed by atoms with van der Waals surface area (Å²) in [6, 6.07) is 6.20. The van der Waals surface area contributed by atoms with Crippen molar-refractivity contribution < 1.29 is 29.0 Å². The minimum Gasteiger partial charge on any atom is -0.465 e. The molecule has 0 radical (unpaired) electrons. The summed E-state index contributed by atoms with van der Waals surface area (Å²) in [4.78, 5) is 48.7. The number of likely N-dealkylation sites (tertiary alicyclic amines) is 1. The van der Waals surface area contributed by atoms with Crippen molar-refractivity contribution in [3.05, 3.63) is 48.6 Å². The molecular formula is C34H47N3O6. The monoisotopic (exact) mass is 593 g/mol. The molecule has 9 nitrogen and oxygen atoms in total. The first-order chi connectivity index (χ1) is 20.7. The number of esters is 1. The SMILES string of the molecule is CCN(CC)c1ccc(N2CC=C[C@]34O[C@@]5(CC)/C=C\CCCCOC(=O)[C@H]5[C@H]3C(=O)N([C@@H](CO)C(C)C)C4C2=O)cc1. The third kappa shape index (κ3) is 5.08. The quantitative estimate of drug-likeness (QED) is 0.358. The van der Waals surface area contributed by atoms with Gasteiger partial charge in [0.05, 0.1) is 25.2 Å². The van der Waals surface area contributed by atoms with Gasteiger partial charge in [0.2, 0.25) is 5.91 Å². The lowest BCUT2D eigenvalue weighted by Crippen LogP contribution is -2.60. The van der Waals surface area contributed by atoms with E-state index in [-0.39, 0.29) is 37.5 Å². The molecule has 2 amide bonds. The van der Waals surface area contributed by atoms with Gasteiger partial charge in [-0.15, -0.1) is 0 Å². The fraction of sp³-hybridized carbons (Fsp3) is 0.618. The van der Waals surface area contributed by atoms with E-state index in [9.17, 15) is 19.5 Å². The lowest BCUT2D eigenvalue weighted by atomic mass is 9.73. The lowest BCUT2D eigenvalue weighted by molar-refractivity contribution is -0.162. The first-order valence-electron chi connectivity index (χ1n) is 16.0. The van der Waals surface area contributed by atoms with E-state index in [2.05, 4.69) is 18.7 Å². The molecule has 4 aliphatic rings. The summed E-state index contributed by atoms with van der Waals surface area (Å²) in [5, 5.41) is 10.5. The van der Waals surface area contributed by atoms with Gasteiger partial charge >= 0.3 is 5.97 Å². The van der Waals surface area contributed by atoms with Crippen LogP contribution in [0.5, 0.6) is 0 Å². The van der Waals surface area contributed by atoms with Crippen molar-refractivity contribution in [2.45, 2.75) is 83.6 Å². The Kier molecular flexibility index (Phi) is 9.05. The average molecular weight is 594 g/mol. The number of aliphatic hydroxyl groups is 1. The molecule has 0 saturated carbocycles. The summed E-state index contributed by atoms with van der Waals surface area (Å²) >= 11 is 0. The number of hydrogen-bond acceptors (Lipinski definition) is 7. The van der Waals surface area contributed by atoms with Crippen molar-refractivity contribution in [2.24, 2.45) is 17.8 Å². The first-order valence-corrected chi connectivity index (χ1v) is 16.0. The molecule has 2 fully saturated rings. The molecule has 1 aromatic rings. The second-order valence-electron chi connectivity index (χ2n) is 12.5. The number of carbonyl (C=O) groups is 3. The molecule has 1 N–H and O–H groups in total. The average Bonchev–Trinajstić information content (AvgIpc) is 3.35. The van der Waals surface area contributed by atoms with Crippen LogP contribution in [0.4, 0.5) is 11.4 Å². The van der Waals surface area contributed by atoms with E-state index in [4.69, 9.17) is 9.47 Å². The van der Waals surface area contributed by atoms with Crippen molar-refractivity contribution in [2.75, 3.05) is 42.6 Å². The van der Waals surface area contributed by atoms with E-state index < -0.39 is 41.1 Å². The van der Waals surface area contributed by atoms with Gasteiger partial charge in [-0.25, -0.2) is 0 Å². The van der Waals surface area contributed by atoms with Crippen molar-refractivity contribution >= 4 is 29.2 Å². The molecule has 4 aliphatic heterocycles. The highest BCUT2D eigenvalue weighted by atomic mass is 16.6. The van der Waals surface area contributed by atoms with Gasteiger partial charge in [0.15, 0.2) is 0 Å². The van der Waals surface area contributed by atoms with Gasteiger partial charge in [0, 0.05) is 31.0 Å². The number of hydrogen-bond donors (Lipinski definition) is 1. The highest BCUT2D eigenvalue weighted by molar-refractivity contribution is 6.06. The van der Waals surface area contributed by atoms with Gasteiger partial charge in [0.25, 0.3) is 5.91 Å². The van der Waals surface area contributed by atoms with Crippen molar-refractivity contribution in [3.63, 3.8) is 0 Å². The summed E-state index contributed by atoms with van der Waals surface area (Å²) in [6.45, 7) is 12.0. The summed E-state index contributed by atoms with van der Waals surface area (Å²) in [7, 11) is 0. The van der Waals surface area contributed by atoms with E-state index in [0.29, 0.717) is 12.1 Å². The summed E-state index contributed by atoms with van der Waals surface area (Å²) in [6.07, 6.45) is 10.6. The number of ether oxygens (including phenoxy) is 2. The van der Waals surface area contributed by atoms with E-state index >= 15 is 0 Å².